The molecular weight excluding hydrogens is 306 g/mol. The van der Waals surface area contributed by atoms with Gasteiger partial charge in [0.25, 0.3) is 11.5 Å². The van der Waals surface area contributed by atoms with Crippen molar-refractivity contribution in [3.8, 4) is 0 Å². The summed E-state index contributed by atoms with van der Waals surface area (Å²) < 4.78 is 0. The Kier molecular flexibility index (Phi) is 3.70. The van der Waals surface area contributed by atoms with Gasteiger partial charge in [-0.1, -0.05) is 0 Å². The van der Waals surface area contributed by atoms with Gasteiger partial charge in [0.05, 0.1) is 0 Å². The summed E-state index contributed by atoms with van der Waals surface area (Å²) in [5, 5.41) is 7.09. The maximum absolute atomic E-state index is 12.9. The van der Waals surface area contributed by atoms with E-state index in [4.69, 9.17) is 0 Å². The molecule has 7 nitrogen and oxygen atoms in total. The topological polar surface area (TPSA) is 94.7 Å². The Hall–Kier alpha value is -2.44. The van der Waals surface area contributed by atoms with Gasteiger partial charge < -0.3 is 9.88 Å². The first kappa shape index (κ1) is 15.1. The standard InChI is InChI=1S/C17H21N5O2/c1-10-18-15(21-20-10)12-5-3-7-22(9-12)17(24)13-8-11-4-2-6-14(11)19-16(13)23/h8,12H,2-7,9H2,1H3,(H,19,23)(H,18,20,21)/t12-/m1/s1. The van der Waals surface area contributed by atoms with Gasteiger partial charge in [0, 0.05) is 24.7 Å². The van der Waals surface area contributed by atoms with Crippen LogP contribution >= 0.6 is 0 Å². The van der Waals surface area contributed by atoms with E-state index in [2.05, 4.69) is 20.2 Å². The molecule has 7 heteroatoms. The molecule has 4 rings (SSSR count). The lowest BCUT2D eigenvalue weighted by Crippen LogP contribution is -2.41. The van der Waals surface area contributed by atoms with Crippen LogP contribution in [0.3, 0.4) is 0 Å². The number of amides is 1. The predicted octanol–water partition coefficient (Wildman–Crippen LogP) is 1.31. The van der Waals surface area contributed by atoms with Gasteiger partial charge in [-0.15, -0.1) is 0 Å². The molecule has 1 aliphatic heterocycles. The Bertz CT molecular complexity index is 838. The molecule has 1 atom stereocenters. The fourth-order valence-corrected chi connectivity index (χ4v) is 3.76. The van der Waals surface area contributed by atoms with Gasteiger partial charge in [-0.25, -0.2) is 4.98 Å². The van der Waals surface area contributed by atoms with Crippen LogP contribution in [0, 0.1) is 6.92 Å². The molecule has 0 unspecified atom stereocenters. The first-order valence-electron chi connectivity index (χ1n) is 8.55. The van der Waals surface area contributed by atoms with Gasteiger partial charge >= 0.3 is 0 Å². The average Bonchev–Trinajstić information content (AvgIpc) is 3.22. The third-order valence-electron chi connectivity index (χ3n) is 5.01. The minimum Gasteiger partial charge on any atom is -0.338 e. The molecule has 0 spiro atoms. The van der Waals surface area contributed by atoms with Crippen LogP contribution < -0.4 is 5.56 Å². The van der Waals surface area contributed by atoms with Crippen LogP contribution in [-0.2, 0) is 12.8 Å². The van der Waals surface area contributed by atoms with E-state index in [0.717, 1.165) is 55.0 Å². The van der Waals surface area contributed by atoms with Crippen molar-refractivity contribution in [2.24, 2.45) is 0 Å². The van der Waals surface area contributed by atoms with E-state index in [9.17, 15) is 9.59 Å². The van der Waals surface area contributed by atoms with Crippen LogP contribution in [0.15, 0.2) is 10.9 Å². The molecule has 1 amide bonds. The number of carbonyl (C=O) groups excluding carboxylic acids is 1. The zero-order chi connectivity index (χ0) is 16.7. The number of nitrogens with zero attached hydrogens (tertiary/aromatic N) is 3. The third-order valence-corrected chi connectivity index (χ3v) is 5.01. The molecule has 0 bridgehead atoms. The van der Waals surface area contributed by atoms with Crippen LogP contribution in [0.25, 0.3) is 0 Å². The number of hydrogen-bond acceptors (Lipinski definition) is 4. The third kappa shape index (κ3) is 2.64. The predicted molar refractivity (Wildman–Crippen MR) is 88.1 cm³/mol. The van der Waals surface area contributed by atoms with Crippen LogP contribution in [0.5, 0.6) is 0 Å². The molecule has 24 heavy (non-hydrogen) atoms. The molecule has 3 heterocycles. The number of nitrogens with one attached hydrogen (secondary N) is 2. The Labute approximate surface area is 139 Å². The lowest BCUT2D eigenvalue weighted by atomic mass is 9.96. The van der Waals surface area contributed by atoms with Crippen molar-refractivity contribution in [3.63, 3.8) is 0 Å². The van der Waals surface area contributed by atoms with Gasteiger partial charge in [0.2, 0.25) is 0 Å². The summed E-state index contributed by atoms with van der Waals surface area (Å²) in [7, 11) is 0. The molecule has 2 N–H and O–H groups in total. The second-order valence-electron chi connectivity index (χ2n) is 6.74. The summed E-state index contributed by atoms with van der Waals surface area (Å²) in [5.41, 5.74) is 2.10. The smallest absolute Gasteiger partial charge is 0.261 e. The van der Waals surface area contributed by atoms with Crippen molar-refractivity contribution < 1.29 is 4.79 Å². The summed E-state index contributed by atoms with van der Waals surface area (Å²) in [5.74, 6) is 1.49. The quantitative estimate of drug-likeness (QED) is 0.869. The van der Waals surface area contributed by atoms with Gasteiger partial charge in [0.1, 0.15) is 11.4 Å². The van der Waals surface area contributed by atoms with E-state index in [0.29, 0.717) is 13.1 Å². The first-order valence-corrected chi connectivity index (χ1v) is 8.55. The fraction of sp³-hybridized carbons (Fsp3) is 0.529. The molecule has 126 valence electrons. The minimum absolute atomic E-state index is 0.126. The van der Waals surface area contributed by atoms with E-state index in [1.807, 2.05) is 6.92 Å². The zero-order valence-electron chi connectivity index (χ0n) is 13.8. The van der Waals surface area contributed by atoms with E-state index in [-0.39, 0.29) is 22.9 Å². The van der Waals surface area contributed by atoms with Crippen LogP contribution in [0.1, 0.15) is 58.4 Å². The highest BCUT2D eigenvalue weighted by atomic mass is 16.2. The first-order chi connectivity index (χ1) is 11.6. The second-order valence-corrected chi connectivity index (χ2v) is 6.74. The van der Waals surface area contributed by atoms with Crippen molar-refractivity contribution >= 4 is 5.91 Å². The molecule has 2 aliphatic rings. The fourth-order valence-electron chi connectivity index (χ4n) is 3.76. The summed E-state index contributed by atoms with van der Waals surface area (Å²) in [6, 6.07) is 1.80. The number of carbonyl (C=O) groups is 1. The molecule has 1 fully saturated rings. The van der Waals surface area contributed by atoms with Crippen LogP contribution in [0.4, 0.5) is 0 Å². The Morgan fingerprint density at radius 2 is 2.21 bits per heavy atom. The summed E-state index contributed by atoms with van der Waals surface area (Å²) in [6.45, 7) is 3.11. The molecule has 1 saturated heterocycles. The number of aromatic amines is 2. The number of piperidine rings is 1. The van der Waals surface area contributed by atoms with E-state index < -0.39 is 0 Å². The monoisotopic (exact) mass is 327 g/mol. The van der Waals surface area contributed by atoms with Crippen LogP contribution in [0.2, 0.25) is 0 Å². The number of aromatic nitrogens is 4. The number of likely N-dealkylation sites (tertiary alicyclic amines) is 1. The highest BCUT2D eigenvalue weighted by Crippen LogP contribution is 2.26. The van der Waals surface area contributed by atoms with Gasteiger partial charge in [-0.05, 0) is 50.7 Å². The number of fused-ring (bicyclic) bond motifs is 1. The molecule has 0 saturated carbocycles. The lowest BCUT2D eigenvalue weighted by Gasteiger charge is -2.31. The van der Waals surface area contributed by atoms with Crippen molar-refractivity contribution in [2.45, 2.75) is 44.9 Å². The Morgan fingerprint density at radius 1 is 1.33 bits per heavy atom. The SMILES string of the molecule is Cc1nc([C@@H]2CCCN(C(=O)c3cc4c([nH]c3=O)CCC4)C2)n[nH]1. The largest absolute Gasteiger partial charge is 0.338 e. The van der Waals surface area contributed by atoms with Gasteiger partial charge in [0.15, 0.2) is 5.82 Å². The maximum atomic E-state index is 12.9. The number of aryl methyl sites for hydroxylation is 3. The van der Waals surface area contributed by atoms with Crippen molar-refractivity contribution in [3.05, 3.63) is 44.9 Å². The van der Waals surface area contributed by atoms with Gasteiger partial charge in [-0.2, -0.15) is 5.10 Å². The molecule has 2 aromatic heterocycles. The molecular formula is C17H21N5O2. The summed E-state index contributed by atoms with van der Waals surface area (Å²) >= 11 is 0. The average molecular weight is 327 g/mol. The van der Waals surface area contributed by atoms with Gasteiger partial charge in [-0.3, -0.25) is 14.7 Å². The number of H-pyrrole nitrogens is 2. The minimum atomic E-state index is -0.267. The number of hydrogen-bond donors (Lipinski definition) is 2. The van der Waals surface area contributed by atoms with E-state index >= 15 is 0 Å². The van der Waals surface area contributed by atoms with Crippen LogP contribution in [-0.4, -0.2) is 44.1 Å². The highest BCUT2D eigenvalue weighted by molar-refractivity contribution is 5.94. The van der Waals surface area contributed by atoms with E-state index in [1.165, 1.54) is 0 Å². The maximum Gasteiger partial charge on any atom is 0.261 e. The number of pyridine rings is 1. The molecule has 1 aliphatic carbocycles. The summed E-state index contributed by atoms with van der Waals surface area (Å²) in [4.78, 5) is 34.2. The zero-order valence-corrected chi connectivity index (χ0v) is 13.8. The second kappa shape index (κ2) is 5.89. The Balaban J connectivity index is 1.57. The van der Waals surface area contributed by atoms with Crippen molar-refractivity contribution in [2.75, 3.05) is 13.1 Å². The summed E-state index contributed by atoms with van der Waals surface area (Å²) in [6.07, 6.45) is 4.73. The van der Waals surface area contributed by atoms with Crippen molar-refractivity contribution in [1.29, 1.82) is 0 Å². The van der Waals surface area contributed by atoms with Crippen molar-refractivity contribution in [1.82, 2.24) is 25.1 Å². The Morgan fingerprint density at radius 3 is 3.00 bits per heavy atom. The molecule has 2 aromatic rings. The molecule has 0 aromatic carbocycles. The lowest BCUT2D eigenvalue weighted by molar-refractivity contribution is 0.0702. The highest BCUT2D eigenvalue weighted by Gasteiger charge is 2.29. The normalized spacial score (nSPS) is 20.2. The number of rotatable bonds is 2. The molecule has 0 radical (unpaired) electrons. The van der Waals surface area contributed by atoms with E-state index in [1.54, 1.807) is 11.0 Å².